The Balaban J connectivity index is 1.73. The number of hydrogen-bond acceptors (Lipinski definition) is 9. The number of nitrogens with two attached hydrogens (primary N) is 2. The monoisotopic (exact) mass is 341 g/mol. The second-order valence-corrected chi connectivity index (χ2v) is 4.73. The van der Waals surface area contributed by atoms with Crippen LogP contribution in [0.1, 0.15) is 11.5 Å². The van der Waals surface area contributed by atoms with Crippen LogP contribution in [0, 0.1) is 10.1 Å². The average Bonchev–Trinajstić information content (AvgIpc) is 3.24. The summed E-state index contributed by atoms with van der Waals surface area (Å²) in [6, 6.07) is 9.34. The molecule has 126 valence electrons. The van der Waals surface area contributed by atoms with Crippen molar-refractivity contribution in [2.45, 2.75) is 0 Å². The van der Waals surface area contributed by atoms with Gasteiger partial charge in [0.25, 0.3) is 5.69 Å². The Morgan fingerprint density at radius 3 is 2.60 bits per heavy atom. The van der Waals surface area contributed by atoms with Crippen LogP contribution in [0.5, 0.6) is 0 Å². The third-order valence-corrected chi connectivity index (χ3v) is 3.10. The van der Waals surface area contributed by atoms with Crippen LogP contribution in [0.4, 0.5) is 11.5 Å². The average molecular weight is 341 g/mol. The summed E-state index contributed by atoms with van der Waals surface area (Å²) in [5.74, 6) is 0.890. The number of amidine groups is 1. The number of nitro benzene ring substituents is 1. The maximum atomic E-state index is 10.7. The lowest BCUT2D eigenvalue weighted by atomic mass is 10.1. The van der Waals surface area contributed by atoms with E-state index >= 15 is 0 Å². The first-order valence-electron chi connectivity index (χ1n) is 6.84. The van der Waals surface area contributed by atoms with Crippen molar-refractivity contribution in [2.24, 2.45) is 15.9 Å². The molecule has 0 saturated heterocycles. The number of nitrogen functional groups attached to an aromatic ring is 1. The van der Waals surface area contributed by atoms with Crippen molar-refractivity contribution >= 4 is 23.6 Å². The van der Waals surface area contributed by atoms with Gasteiger partial charge in [-0.2, -0.15) is 5.10 Å². The summed E-state index contributed by atoms with van der Waals surface area (Å²) in [6.45, 7) is 0. The molecule has 0 amide bonds. The summed E-state index contributed by atoms with van der Waals surface area (Å²) < 4.78 is 9.97. The largest absolute Gasteiger partial charge is 0.455 e. The van der Waals surface area contributed by atoms with Crippen LogP contribution in [0.3, 0.4) is 0 Å². The highest BCUT2D eigenvalue weighted by Crippen LogP contribution is 2.24. The molecular weight excluding hydrogens is 330 g/mol. The van der Waals surface area contributed by atoms with E-state index in [1.165, 1.54) is 18.3 Å². The molecule has 11 heteroatoms. The van der Waals surface area contributed by atoms with Gasteiger partial charge in [-0.25, -0.2) is 4.63 Å². The number of nitro groups is 1. The van der Waals surface area contributed by atoms with Crippen LogP contribution in [0.15, 0.2) is 55.6 Å². The Labute approximate surface area is 139 Å². The van der Waals surface area contributed by atoms with Crippen molar-refractivity contribution in [3.63, 3.8) is 0 Å². The van der Waals surface area contributed by atoms with Crippen LogP contribution in [0.25, 0.3) is 11.3 Å². The minimum absolute atomic E-state index is 0.00326. The molecule has 3 aromatic rings. The fraction of sp³-hybridized carbons (Fsp3) is 0. The highest BCUT2D eigenvalue weighted by atomic mass is 16.6. The number of aromatic nitrogens is 2. The van der Waals surface area contributed by atoms with Crippen molar-refractivity contribution in [1.82, 2.24) is 10.3 Å². The molecular formula is C14H11N7O4. The predicted molar refractivity (Wildman–Crippen MR) is 87.8 cm³/mol. The van der Waals surface area contributed by atoms with Gasteiger partial charge >= 0.3 is 0 Å². The van der Waals surface area contributed by atoms with Gasteiger partial charge in [0.2, 0.25) is 0 Å². The first kappa shape index (κ1) is 15.9. The van der Waals surface area contributed by atoms with Crippen molar-refractivity contribution in [3.05, 3.63) is 58.0 Å². The third-order valence-electron chi connectivity index (χ3n) is 3.10. The fourth-order valence-electron chi connectivity index (χ4n) is 1.89. The summed E-state index contributed by atoms with van der Waals surface area (Å²) in [5, 5.41) is 25.0. The number of benzene rings is 1. The Bertz CT molecular complexity index is 956. The van der Waals surface area contributed by atoms with Crippen LogP contribution < -0.4 is 11.5 Å². The first-order valence-corrected chi connectivity index (χ1v) is 6.84. The smallest absolute Gasteiger partial charge is 0.269 e. The molecule has 0 fully saturated rings. The lowest BCUT2D eigenvalue weighted by Crippen LogP contribution is -2.15. The number of hydrogen-bond donors (Lipinski definition) is 2. The molecule has 11 nitrogen and oxygen atoms in total. The SMILES string of the molecule is N/C(=N/N=C\c1ccc(-c2ccc([N+](=O)[O-])cc2)o1)c1nonc1N. The Hall–Kier alpha value is -4.02. The Morgan fingerprint density at radius 1 is 1.20 bits per heavy atom. The molecule has 25 heavy (non-hydrogen) atoms. The van der Waals surface area contributed by atoms with Crippen LogP contribution in [0.2, 0.25) is 0 Å². The van der Waals surface area contributed by atoms with E-state index in [9.17, 15) is 10.1 Å². The Kier molecular flexibility index (Phi) is 4.20. The first-order chi connectivity index (χ1) is 12.0. The molecule has 0 bridgehead atoms. The molecule has 1 aromatic carbocycles. The van der Waals surface area contributed by atoms with Crippen LogP contribution in [-0.4, -0.2) is 27.3 Å². The molecule has 0 spiro atoms. The van der Waals surface area contributed by atoms with Gasteiger partial charge in [-0.1, -0.05) is 0 Å². The van der Waals surface area contributed by atoms with Gasteiger partial charge in [-0.15, -0.1) is 5.10 Å². The molecule has 3 rings (SSSR count). The van der Waals surface area contributed by atoms with Crippen molar-refractivity contribution in [3.8, 4) is 11.3 Å². The van der Waals surface area contributed by atoms with E-state index in [4.69, 9.17) is 15.9 Å². The maximum Gasteiger partial charge on any atom is 0.269 e. The van der Waals surface area contributed by atoms with E-state index in [1.807, 2.05) is 0 Å². The second-order valence-electron chi connectivity index (χ2n) is 4.73. The van der Waals surface area contributed by atoms with Crippen molar-refractivity contribution in [1.29, 1.82) is 0 Å². The van der Waals surface area contributed by atoms with Gasteiger partial charge in [0.05, 0.1) is 11.1 Å². The van der Waals surface area contributed by atoms with E-state index < -0.39 is 4.92 Å². The number of anilines is 1. The second kappa shape index (κ2) is 6.62. The van der Waals surface area contributed by atoms with Gasteiger partial charge in [0.1, 0.15) is 11.5 Å². The maximum absolute atomic E-state index is 10.7. The van der Waals surface area contributed by atoms with Crippen LogP contribution in [-0.2, 0) is 0 Å². The van der Waals surface area contributed by atoms with Gasteiger partial charge in [-0.05, 0) is 34.6 Å². The molecule has 0 aliphatic heterocycles. The predicted octanol–water partition coefficient (Wildman–Crippen LogP) is 1.56. The number of non-ortho nitro benzene ring substituents is 1. The lowest BCUT2D eigenvalue weighted by Gasteiger charge is -1.96. The quantitative estimate of drug-likeness (QED) is 0.304. The molecule has 0 aliphatic carbocycles. The van der Waals surface area contributed by atoms with Gasteiger partial charge in [0, 0.05) is 17.7 Å². The Morgan fingerprint density at radius 2 is 1.96 bits per heavy atom. The van der Waals surface area contributed by atoms with Crippen molar-refractivity contribution < 1.29 is 14.0 Å². The van der Waals surface area contributed by atoms with Gasteiger partial charge in [0.15, 0.2) is 17.3 Å². The van der Waals surface area contributed by atoms with Crippen molar-refractivity contribution in [2.75, 3.05) is 5.73 Å². The van der Waals surface area contributed by atoms with E-state index in [-0.39, 0.29) is 23.0 Å². The molecule has 2 heterocycles. The molecule has 2 aromatic heterocycles. The summed E-state index contributed by atoms with van der Waals surface area (Å²) in [5.41, 5.74) is 11.9. The standard InChI is InChI=1S/C14H11N7O4/c15-13(12-14(16)20-25-19-12)18-17-7-10-5-6-11(24-10)8-1-3-9(4-2-8)21(22)23/h1-7H,(H2,15,18)(H2,16,20)/b17-7-. The third kappa shape index (κ3) is 3.50. The summed E-state index contributed by atoms with van der Waals surface area (Å²) in [6.07, 6.45) is 1.34. The molecule has 0 atom stereocenters. The van der Waals surface area contributed by atoms with Gasteiger partial charge in [-0.3, -0.25) is 10.1 Å². The topological polar surface area (TPSA) is 172 Å². The minimum Gasteiger partial charge on any atom is -0.455 e. The van der Waals surface area contributed by atoms with E-state index in [1.54, 1.807) is 24.3 Å². The summed E-state index contributed by atoms with van der Waals surface area (Å²) in [7, 11) is 0. The number of furan rings is 1. The number of rotatable bonds is 5. The van der Waals surface area contributed by atoms with Gasteiger partial charge < -0.3 is 15.9 Å². The summed E-state index contributed by atoms with van der Waals surface area (Å²) in [4.78, 5) is 10.2. The van der Waals surface area contributed by atoms with Crippen LogP contribution >= 0.6 is 0 Å². The highest BCUT2D eigenvalue weighted by Gasteiger charge is 2.10. The molecule has 0 saturated carbocycles. The van der Waals surface area contributed by atoms with E-state index in [0.29, 0.717) is 17.1 Å². The highest BCUT2D eigenvalue weighted by molar-refractivity contribution is 5.99. The normalized spacial score (nSPS) is 11.9. The zero-order valence-corrected chi connectivity index (χ0v) is 12.6. The van der Waals surface area contributed by atoms with E-state index in [0.717, 1.165) is 0 Å². The molecule has 4 N–H and O–H groups in total. The summed E-state index contributed by atoms with van der Waals surface area (Å²) >= 11 is 0. The van der Waals surface area contributed by atoms with E-state index in [2.05, 4.69) is 25.1 Å². The number of nitrogens with zero attached hydrogens (tertiary/aromatic N) is 5. The zero-order valence-electron chi connectivity index (χ0n) is 12.6. The molecule has 0 radical (unpaired) electrons. The molecule has 0 aliphatic rings. The molecule has 0 unspecified atom stereocenters. The zero-order chi connectivity index (χ0) is 17.8. The lowest BCUT2D eigenvalue weighted by molar-refractivity contribution is -0.384. The minimum atomic E-state index is -0.469. The fourth-order valence-corrected chi connectivity index (χ4v) is 1.89.